The van der Waals surface area contributed by atoms with Crippen molar-refractivity contribution in [2.75, 3.05) is 7.11 Å². The number of carbonyl (C=O) groups is 1. The van der Waals surface area contributed by atoms with Gasteiger partial charge in [-0.3, -0.25) is 4.79 Å². The molecule has 0 spiro atoms. The lowest BCUT2D eigenvalue weighted by Gasteiger charge is -2.06. The van der Waals surface area contributed by atoms with Crippen molar-refractivity contribution in [2.45, 2.75) is 13.8 Å². The van der Waals surface area contributed by atoms with Gasteiger partial charge in [-0.25, -0.2) is 14.5 Å². The summed E-state index contributed by atoms with van der Waals surface area (Å²) in [5.74, 6) is 0.464. The van der Waals surface area contributed by atoms with E-state index in [1.54, 1.807) is 39.2 Å². The zero-order chi connectivity index (χ0) is 14.7. The molecule has 0 saturated heterocycles. The van der Waals surface area contributed by atoms with Gasteiger partial charge in [-0.2, -0.15) is 0 Å². The number of methoxy groups -OCH3 is 1. The number of ketones is 1. The lowest BCUT2D eigenvalue weighted by Crippen LogP contribution is -2.10. The first kappa shape index (κ1) is 13.7. The van der Waals surface area contributed by atoms with Gasteiger partial charge < -0.3 is 4.74 Å². The van der Waals surface area contributed by atoms with Crippen LogP contribution >= 0.6 is 0 Å². The average molecular weight is 270 g/mol. The van der Waals surface area contributed by atoms with E-state index < -0.39 is 0 Å². The first-order chi connectivity index (χ1) is 9.56. The van der Waals surface area contributed by atoms with E-state index in [0.29, 0.717) is 17.1 Å². The Morgan fingerprint density at radius 2 is 2.20 bits per heavy atom. The molecule has 6 heteroatoms. The van der Waals surface area contributed by atoms with Gasteiger partial charge in [0.1, 0.15) is 12.1 Å². The first-order valence-electron chi connectivity index (χ1n) is 6.08. The molecular formula is C14H14N4O2. The summed E-state index contributed by atoms with van der Waals surface area (Å²) in [4.78, 5) is 19.3. The largest absolute Gasteiger partial charge is 0.497 e. The third-order valence-electron chi connectivity index (χ3n) is 2.79. The van der Waals surface area contributed by atoms with Crippen molar-refractivity contribution in [3.8, 4) is 11.4 Å². The standard InChI is InChI=1S/C14H14N4O2/c1-9(2)13(19)14-16-8-18(17-14)12-7-10(20-4)5-6-11(12)15-3/h5-9H,1-2,4H3. The van der Waals surface area contributed by atoms with Crippen LogP contribution in [0.3, 0.4) is 0 Å². The summed E-state index contributed by atoms with van der Waals surface area (Å²) in [5.41, 5.74) is 0.953. The summed E-state index contributed by atoms with van der Waals surface area (Å²) in [6.45, 7) is 10.8. The maximum atomic E-state index is 11.8. The maximum Gasteiger partial charge on any atom is 0.217 e. The minimum atomic E-state index is -0.170. The molecular weight excluding hydrogens is 256 g/mol. The van der Waals surface area contributed by atoms with Crippen molar-refractivity contribution in [3.05, 3.63) is 41.8 Å². The minimum Gasteiger partial charge on any atom is -0.497 e. The molecule has 0 amide bonds. The molecule has 0 fully saturated rings. The summed E-state index contributed by atoms with van der Waals surface area (Å²) in [5, 5.41) is 4.14. The van der Waals surface area contributed by atoms with Gasteiger partial charge in [0.2, 0.25) is 17.3 Å². The number of rotatable bonds is 4. The summed E-state index contributed by atoms with van der Waals surface area (Å²) in [6, 6.07) is 5.03. The second-order valence-electron chi connectivity index (χ2n) is 4.50. The molecule has 1 aromatic heterocycles. The zero-order valence-corrected chi connectivity index (χ0v) is 11.5. The molecule has 0 radical (unpaired) electrons. The van der Waals surface area contributed by atoms with E-state index >= 15 is 0 Å². The van der Waals surface area contributed by atoms with E-state index in [1.807, 2.05) is 0 Å². The van der Waals surface area contributed by atoms with E-state index in [9.17, 15) is 4.79 Å². The second-order valence-corrected chi connectivity index (χ2v) is 4.50. The Morgan fingerprint density at radius 3 is 2.80 bits per heavy atom. The van der Waals surface area contributed by atoms with Crippen LogP contribution in [0.4, 0.5) is 5.69 Å². The Kier molecular flexibility index (Phi) is 3.80. The molecule has 0 aliphatic heterocycles. The SMILES string of the molecule is [C-]#[N+]c1ccc(OC)cc1-n1cnc(C(=O)C(C)C)n1. The molecule has 0 aliphatic carbocycles. The lowest BCUT2D eigenvalue weighted by molar-refractivity contribution is 0.0929. The zero-order valence-electron chi connectivity index (χ0n) is 11.5. The van der Waals surface area contributed by atoms with E-state index in [0.717, 1.165) is 0 Å². The van der Waals surface area contributed by atoms with Crippen LogP contribution in [0.2, 0.25) is 0 Å². The molecule has 0 bridgehead atoms. The fourth-order valence-electron chi connectivity index (χ4n) is 1.66. The summed E-state index contributed by atoms with van der Waals surface area (Å²) in [7, 11) is 1.55. The summed E-state index contributed by atoms with van der Waals surface area (Å²) in [6.07, 6.45) is 1.43. The molecule has 2 aromatic rings. The van der Waals surface area contributed by atoms with Gasteiger partial charge in [-0.15, -0.1) is 5.10 Å². The van der Waals surface area contributed by atoms with Gasteiger partial charge in [0, 0.05) is 5.92 Å². The van der Waals surface area contributed by atoms with Crippen LogP contribution in [-0.4, -0.2) is 27.7 Å². The fourth-order valence-corrected chi connectivity index (χ4v) is 1.66. The van der Waals surface area contributed by atoms with Gasteiger partial charge in [-0.1, -0.05) is 19.9 Å². The Bertz CT molecular complexity index is 683. The number of carbonyl (C=O) groups excluding carboxylic acids is 1. The van der Waals surface area contributed by atoms with Gasteiger partial charge in [0.25, 0.3) is 0 Å². The number of hydrogen-bond acceptors (Lipinski definition) is 4. The van der Waals surface area contributed by atoms with Crippen LogP contribution < -0.4 is 4.74 Å². The average Bonchev–Trinajstić information content (AvgIpc) is 2.95. The summed E-state index contributed by atoms with van der Waals surface area (Å²) < 4.78 is 6.56. The van der Waals surface area contributed by atoms with Crippen LogP contribution in [-0.2, 0) is 0 Å². The Labute approximate surface area is 116 Å². The topological polar surface area (TPSA) is 61.4 Å². The predicted molar refractivity (Wildman–Crippen MR) is 73.3 cm³/mol. The maximum absolute atomic E-state index is 11.8. The highest BCUT2D eigenvalue weighted by Crippen LogP contribution is 2.27. The molecule has 2 rings (SSSR count). The van der Waals surface area contributed by atoms with Crippen LogP contribution in [0.25, 0.3) is 10.5 Å². The van der Waals surface area contributed by atoms with Gasteiger partial charge in [0.15, 0.2) is 0 Å². The molecule has 0 N–H and O–H groups in total. The normalized spacial score (nSPS) is 10.3. The number of benzene rings is 1. The number of nitrogens with zero attached hydrogens (tertiary/aromatic N) is 4. The highest BCUT2D eigenvalue weighted by molar-refractivity contribution is 5.93. The van der Waals surface area contributed by atoms with E-state index in [-0.39, 0.29) is 17.5 Å². The molecule has 0 atom stereocenters. The highest BCUT2D eigenvalue weighted by Gasteiger charge is 2.17. The first-order valence-corrected chi connectivity index (χ1v) is 6.08. The molecule has 0 aliphatic rings. The molecule has 6 nitrogen and oxygen atoms in total. The van der Waals surface area contributed by atoms with Crippen molar-refractivity contribution in [3.63, 3.8) is 0 Å². The van der Waals surface area contributed by atoms with E-state index in [1.165, 1.54) is 11.0 Å². The number of ether oxygens (including phenoxy) is 1. The van der Waals surface area contributed by atoms with E-state index in [2.05, 4.69) is 14.9 Å². The van der Waals surface area contributed by atoms with Crippen molar-refractivity contribution < 1.29 is 9.53 Å². The minimum absolute atomic E-state index is 0.129. The molecule has 0 unspecified atom stereocenters. The quantitative estimate of drug-likeness (QED) is 0.633. The number of Topliss-reactive ketones (excluding diaryl/α,β-unsaturated/α-hetero) is 1. The smallest absolute Gasteiger partial charge is 0.217 e. The predicted octanol–water partition coefficient (Wildman–Crippen LogP) is 2.67. The Morgan fingerprint density at radius 1 is 1.45 bits per heavy atom. The second kappa shape index (κ2) is 5.53. The van der Waals surface area contributed by atoms with Crippen LogP contribution in [0.15, 0.2) is 24.5 Å². The lowest BCUT2D eigenvalue weighted by atomic mass is 10.1. The molecule has 0 saturated carbocycles. The monoisotopic (exact) mass is 270 g/mol. The van der Waals surface area contributed by atoms with Crippen molar-refractivity contribution in [1.82, 2.24) is 14.8 Å². The highest BCUT2D eigenvalue weighted by atomic mass is 16.5. The molecule has 1 heterocycles. The van der Waals surface area contributed by atoms with Gasteiger partial charge in [-0.05, 0) is 12.1 Å². The Hall–Kier alpha value is -2.68. The van der Waals surface area contributed by atoms with Crippen LogP contribution in [0.5, 0.6) is 5.75 Å². The van der Waals surface area contributed by atoms with Gasteiger partial charge in [0.05, 0.1) is 19.4 Å². The number of hydrogen-bond donors (Lipinski definition) is 0. The molecule has 20 heavy (non-hydrogen) atoms. The van der Waals surface area contributed by atoms with Gasteiger partial charge >= 0.3 is 0 Å². The number of aromatic nitrogens is 3. The summed E-state index contributed by atoms with van der Waals surface area (Å²) >= 11 is 0. The third-order valence-corrected chi connectivity index (χ3v) is 2.79. The Balaban J connectivity index is 2.47. The molecule has 102 valence electrons. The third kappa shape index (κ3) is 2.52. The van der Waals surface area contributed by atoms with Crippen LogP contribution in [0, 0.1) is 12.5 Å². The van der Waals surface area contributed by atoms with E-state index in [4.69, 9.17) is 11.3 Å². The van der Waals surface area contributed by atoms with Crippen molar-refractivity contribution in [2.24, 2.45) is 5.92 Å². The van der Waals surface area contributed by atoms with Crippen molar-refractivity contribution in [1.29, 1.82) is 0 Å². The van der Waals surface area contributed by atoms with Crippen molar-refractivity contribution >= 4 is 11.5 Å². The fraction of sp³-hybridized carbons (Fsp3) is 0.286. The molecule has 1 aromatic carbocycles. The van der Waals surface area contributed by atoms with Crippen LogP contribution in [0.1, 0.15) is 24.5 Å².